The van der Waals surface area contributed by atoms with Gasteiger partial charge in [0.2, 0.25) is 11.8 Å². The van der Waals surface area contributed by atoms with Crippen molar-refractivity contribution in [1.29, 1.82) is 0 Å². The molecule has 4 N–H and O–H groups in total. The van der Waals surface area contributed by atoms with E-state index >= 15 is 0 Å². The molecule has 2 aromatic carbocycles. The van der Waals surface area contributed by atoms with E-state index in [1.54, 1.807) is 37.3 Å². The van der Waals surface area contributed by atoms with Gasteiger partial charge in [0, 0.05) is 36.0 Å². The lowest BCUT2D eigenvalue weighted by atomic mass is 10.2. The summed E-state index contributed by atoms with van der Waals surface area (Å²) in [5, 5.41) is 21.8. The normalized spacial score (nSPS) is 10.2. The minimum absolute atomic E-state index is 0.0637. The molecule has 0 heterocycles. The Balaban J connectivity index is 1.85. The minimum atomic E-state index is -0.508. The van der Waals surface area contributed by atoms with Crippen molar-refractivity contribution in [1.82, 2.24) is 10.6 Å². The first-order valence-electron chi connectivity index (χ1n) is 9.02. The van der Waals surface area contributed by atoms with Crippen molar-refractivity contribution in [3.8, 4) is 0 Å². The molecule has 0 aliphatic heterocycles. The number of nitro benzene ring substituents is 1. The number of hydrogen-bond donors (Lipinski definition) is 4. The van der Waals surface area contributed by atoms with E-state index in [1.165, 1.54) is 30.4 Å². The van der Waals surface area contributed by atoms with Gasteiger partial charge < -0.3 is 16.0 Å². The fourth-order valence-corrected chi connectivity index (χ4v) is 2.69. The van der Waals surface area contributed by atoms with Crippen LogP contribution in [0, 0.1) is 10.1 Å². The molecule has 2 aromatic rings. The minimum Gasteiger partial charge on any atom is -0.332 e. The van der Waals surface area contributed by atoms with Crippen LogP contribution < -0.4 is 21.3 Å². The molecule has 11 heteroatoms. The van der Waals surface area contributed by atoms with Gasteiger partial charge in [-0.05, 0) is 60.3 Å². The number of rotatable bonds is 6. The van der Waals surface area contributed by atoms with E-state index in [0.717, 1.165) is 0 Å². The van der Waals surface area contributed by atoms with E-state index in [1.807, 2.05) is 0 Å². The molecule has 0 aliphatic carbocycles. The molecule has 0 radical (unpaired) electrons. The number of amides is 2. The average Bonchev–Trinajstić information content (AvgIpc) is 2.73. The number of nitrogens with zero attached hydrogens (tertiary/aromatic N) is 1. The van der Waals surface area contributed by atoms with Gasteiger partial charge in [-0.1, -0.05) is 19.1 Å². The summed E-state index contributed by atoms with van der Waals surface area (Å²) in [5.41, 5.74) is 1.74. The molecular formula is C20H19N5O4S2. The number of benzene rings is 2. The van der Waals surface area contributed by atoms with Crippen molar-refractivity contribution >= 4 is 69.6 Å². The molecular weight excluding hydrogens is 438 g/mol. The van der Waals surface area contributed by atoms with Crippen LogP contribution in [-0.4, -0.2) is 27.0 Å². The third-order valence-corrected chi connectivity index (χ3v) is 4.13. The van der Waals surface area contributed by atoms with Gasteiger partial charge >= 0.3 is 0 Å². The van der Waals surface area contributed by atoms with Gasteiger partial charge in [-0.15, -0.1) is 0 Å². The van der Waals surface area contributed by atoms with Crippen LogP contribution >= 0.6 is 24.4 Å². The van der Waals surface area contributed by atoms with E-state index in [-0.39, 0.29) is 21.8 Å². The molecule has 160 valence electrons. The fourth-order valence-electron chi connectivity index (χ4n) is 2.24. The zero-order valence-corrected chi connectivity index (χ0v) is 18.0. The first-order chi connectivity index (χ1) is 14.8. The van der Waals surface area contributed by atoms with Crippen LogP contribution in [0.1, 0.15) is 18.9 Å². The Kier molecular flexibility index (Phi) is 8.73. The van der Waals surface area contributed by atoms with Crippen LogP contribution in [0.15, 0.2) is 54.6 Å². The Labute approximate surface area is 189 Å². The summed E-state index contributed by atoms with van der Waals surface area (Å²) in [4.78, 5) is 33.6. The lowest BCUT2D eigenvalue weighted by Gasteiger charge is -2.11. The second-order valence-electron chi connectivity index (χ2n) is 6.06. The Bertz CT molecular complexity index is 1040. The van der Waals surface area contributed by atoms with Gasteiger partial charge in [0.25, 0.3) is 5.69 Å². The summed E-state index contributed by atoms with van der Waals surface area (Å²) >= 11 is 10.2. The lowest BCUT2D eigenvalue weighted by molar-refractivity contribution is -0.384. The highest BCUT2D eigenvalue weighted by Gasteiger charge is 2.06. The molecule has 0 aromatic heterocycles. The van der Waals surface area contributed by atoms with Crippen molar-refractivity contribution in [2.45, 2.75) is 13.3 Å². The number of hydrogen-bond acceptors (Lipinski definition) is 6. The van der Waals surface area contributed by atoms with Gasteiger partial charge in [0.05, 0.1) is 4.92 Å². The van der Waals surface area contributed by atoms with Crippen molar-refractivity contribution in [2.75, 3.05) is 10.6 Å². The summed E-state index contributed by atoms with van der Waals surface area (Å²) in [6, 6.07) is 12.8. The highest BCUT2D eigenvalue weighted by Crippen LogP contribution is 2.15. The summed E-state index contributed by atoms with van der Waals surface area (Å²) in [6.07, 6.45) is 3.01. The topological polar surface area (TPSA) is 125 Å². The molecule has 31 heavy (non-hydrogen) atoms. The van der Waals surface area contributed by atoms with Crippen LogP contribution in [0.5, 0.6) is 0 Å². The van der Waals surface area contributed by atoms with E-state index in [4.69, 9.17) is 24.4 Å². The molecule has 0 bridgehead atoms. The third-order valence-electron chi connectivity index (χ3n) is 3.72. The predicted molar refractivity (Wildman–Crippen MR) is 128 cm³/mol. The molecule has 0 atom stereocenters. The number of nitro groups is 1. The zero-order valence-electron chi connectivity index (χ0n) is 16.4. The van der Waals surface area contributed by atoms with E-state index in [2.05, 4.69) is 21.3 Å². The average molecular weight is 458 g/mol. The number of nitrogens with one attached hydrogen (secondary N) is 4. The highest BCUT2D eigenvalue weighted by atomic mass is 32.1. The number of non-ortho nitro benzene ring substituents is 1. The Morgan fingerprint density at radius 3 is 2.13 bits per heavy atom. The van der Waals surface area contributed by atoms with Crippen LogP contribution in [0.25, 0.3) is 6.08 Å². The molecule has 0 saturated carbocycles. The van der Waals surface area contributed by atoms with Crippen molar-refractivity contribution in [3.05, 3.63) is 70.3 Å². The maximum Gasteiger partial charge on any atom is 0.270 e. The Hall–Kier alpha value is -3.70. The highest BCUT2D eigenvalue weighted by molar-refractivity contribution is 7.80. The van der Waals surface area contributed by atoms with Crippen LogP contribution in [-0.2, 0) is 9.59 Å². The molecule has 0 unspecified atom stereocenters. The monoisotopic (exact) mass is 457 g/mol. The quantitative estimate of drug-likeness (QED) is 0.225. The van der Waals surface area contributed by atoms with Crippen LogP contribution in [0.4, 0.5) is 17.1 Å². The zero-order chi connectivity index (χ0) is 22.8. The van der Waals surface area contributed by atoms with Gasteiger partial charge in [-0.25, -0.2) is 0 Å². The number of anilines is 2. The second kappa shape index (κ2) is 11.5. The SMILES string of the molecule is CCC(=O)NC(=S)Nc1ccc(NC(=S)NC(=O)/C=C/c2cccc([N+](=O)[O-])c2)cc1. The van der Waals surface area contributed by atoms with Crippen LogP contribution in [0.3, 0.4) is 0 Å². The predicted octanol–water partition coefficient (Wildman–Crippen LogP) is 3.34. The summed E-state index contributed by atoms with van der Waals surface area (Å²) in [6.45, 7) is 1.73. The van der Waals surface area contributed by atoms with Gasteiger partial charge in [0.15, 0.2) is 10.2 Å². The molecule has 2 amide bonds. The van der Waals surface area contributed by atoms with Crippen molar-refractivity contribution < 1.29 is 14.5 Å². The smallest absolute Gasteiger partial charge is 0.270 e. The molecule has 0 fully saturated rings. The van der Waals surface area contributed by atoms with Gasteiger partial charge in [-0.3, -0.25) is 25.0 Å². The third kappa shape index (κ3) is 8.28. The summed E-state index contributed by atoms with van der Waals surface area (Å²) in [7, 11) is 0. The Morgan fingerprint density at radius 2 is 1.58 bits per heavy atom. The molecule has 0 spiro atoms. The Morgan fingerprint density at radius 1 is 1.00 bits per heavy atom. The molecule has 0 saturated heterocycles. The molecule has 9 nitrogen and oxygen atoms in total. The first-order valence-corrected chi connectivity index (χ1v) is 9.84. The van der Waals surface area contributed by atoms with E-state index in [9.17, 15) is 19.7 Å². The van der Waals surface area contributed by atoms with Crippen molar-refractivity contribution in [2.24, 2.45) is 0 Å². The largest absolute Gasteiger partial charge is 0.332 e. The summed E-state index contributed by atoms with van der Waals surface area (Å²) < 4.78 is 0. The van der Waals surface area contributed by atoms with Crippen LogP contribution in [0.2, 0.25) is 0 Å². The standard InChI is InChI=1S/C20H19N5O4S2/c1-2-17(26)23-19(30)21-14-7-9-15(10-8-14)22-20(31)24-18(27)11-6-13-4-3-5-16(12-13)25(28)29/h3-12H,2H2,1H3,(H2,21,23,26,30)(H2,22,24,27,31)/b11-6+. The second-order valence-corrected chi connectivity index (χ2v) is 6.88. The number of thiocarbonyl (C=S) groups is 2. The van der Waals surface area contributed by atoms with Gasteiger partial charge in [0.1, 0.15) is 0 Å². The van der Waals surface area contributed by atoms with E-state index in [0.29, 0.717) is 23.4 Å². The number of carbonyl (C=O) groups is 2. The molecule has 0 aliphatic rings. The molecule has 2 rings (SSSR count). The number of carbonyl (C=O) groups excluding carboxylic acids is 2. The maximum atomic E-state index is 12.0. The lowest BCUT2D eigenvalue weighted by Crippen LogP contribution is -2.33. The van der Waals surface area contributed by atoms with E-state index < -0.39 is 10.8 Å². The van der Waals surface area contributed by atoms with Gasteiger partial charge in [-0.2, -0.15) is 0 Å². The summed E-state index contributed by atoms with van der Waals surface area (Å²) in [5.74, 6) is -0.671. The maximum absolute atomic E-state index is 12.0. The fraction of sp³-hybridized carbons (Fsp3) is 0.100. The first kappa shape index (κ1) is 23.6. The van der Waals surface area contributed by atoms with Crippen molar-refractivity contribution in [3.63, 3.8) is 0 Å².